The van der Waals surface area contributed by atoms with Gasteiger partial charge in [-0.2, -0.15) is 0 Å². The normalized spacial score (nSPS) is 17.9. The Morgan fingerprint density at radius 2 is 1.00 bits per heavy atom. The lowest BCUT2D eigenvalue weighted by Gasteiger charge is -2.34. The predicted molar refractivity (Wildman–Crippen MR) is 228 cm³/mol. The van der Waals surface area contributed by atoms with Crippen LogP contribution in [0.5, 0.6) is 0 Å². The van der Waals surface area contributed by atoms with E-state index in [4.69, 9.17) is 0 Å². The first-order chi connectivity index (χ1) is 27.3. The van der Waals surface area contributed by atoms with Gasteiger partial charge in [-0.15, -0.1) is 0 Å². The summed E-state index contributed by atoms with van der Waals surface area (Å²) >= 11 is 0. The topological polar surface area (TPSA) is 8.17 Å². The van der Waals surface area contributed by atoms with E-state index in [-0.39, 0.29) is 0 Å². The third kappa shape index (κ3) is 4.20. The molecule has 12 rings (SSSR count). The van der Waals surface area contributed by atoms with Crippen molar-refractivity contribution in [3.63, 3.8) is 0 Å². The highest BCUT2D eigenvalue weighted by molar-refractivity contribution is 6.10. The molecule has 1 heterocycles. The fraction of sp³-hybridized carbons (Fsp3) is 0.0566. The molecule has 1 aromatic heterocycles. The fourth-order valence-electron chi connectivity index (χ4n) is 10.2. The van der Waals surface area contributed by atoms with Crippen molar-refractivity contribution in [1.29, 1.82) is 0 Å². The van der Waals surface area contributed by atoms with E-state index in [0.717, 1.165) is 17.1 Å². The van der Waals surface area contributed by atoms with Crippen molar-refractivity contribution in [3.05, 3.63) is 234 Å². The van der Waals surface area contributed by atoms with Gasteiger partial charge in [0.1, 0.15) is 0 Å². The van der Waals surface area contributed by atoms with Gasteiger partial charge >= 0.3 is 0 Å². The molecule has 2 heteroatoms. The van der Waals surface area contributed by atoms with E-state index in [1.54, 1.807) is 0 Å². The second-order valence-corrected chi connectivity index (χ2v) is 15.2. The molecule has 0 radical (unpaired) electrons. The Morgan fingerprint density at radius 3 is 1.73 bits per heavy atom. The van der Waals surface area contributed by atoms with Crippen LogP contribution in [-0.4, -0.2) is 4.57 Å². The molecular weight excluding hydrogens is 665 g/mol. The van der Waals surface area contributed by atoms with Gasteiger partial charge in [0.15, 0.2) is 0 Å². The van der Waals surface area contributed by atoms with Gasteiger partial charge in [0, 0.05) is 45.4 Å². The molecule has 0 saturated heterocycles. The van der Waals surface area contributed by atoms with E-state index >= 15 is 0 Å². The number of anilines is 2. The lowest BCUT2D eigenvalue weighted by atomic mass is 9.70. The van der Waals surface area contributed by atoms with Crippen molar-refractivity contribution in [2.24, 2.45) is 11.8 Å². The highest BCUT2D eigenvalue weighted by Gasteiger charge is 2.51. The van der Waals surface area contributed by atoms with Crippen LogP contribution in [0.4, 0.5) is 11.4 Å². The van der Waals surface area contributed by atoms with Crippen LogP contribution in [0.25, 0.3) is 49.7 Å². The number of fused-ring (bicyclic) bond motifs is 14. The van der Waals surface area contributed by atoms with Crippen molar-refractivity contribution in [1.82, 2.24) is 4.57 Å². The zero-order chi connectivity index (χ0) is 36.1. The Hall–Kier alpha value is -6.90. The molecule has 2 unspecified atom stereocenters. The highest BCUT2D eigenvalue weighted by atomic mass is 15.1. The largest absolute Gasteiger partial charge is 0.311 e. The number of hydrogen-bond acceptors (Lipinski definition) is 1. The summed E-state index contributed by atoms with van der Waals surface area (Å²) in [5, 5.41) is 2.51. The van der Waals surface area contributed by atoms with Gasteiger partial charge in [-0.3, -0.25) is 0 Å². The zero-order valence-electron chi connectivity index (χ0n) is 30.2. The summed E-state index contributed by atoms with van der Waals surface area (Å²) in [5.74, 6) is 0.661. The van der Waals surface area contributed by atoms with Gasteiger partial charge in [0.05, 0.1) is 16.4 Å². The molecule has 8 aromatic rings. The van der Waals surface area contributed by atoms with Crippen molar-refractivity contribution in [2.75, 3.05) is 4.90 Å². The van der Waals surface area contributed by atoms with E-state index in [0.29, 0.717) is 11.8 Å². The monoisotopic (exact) mass is 700 g/mol. The number of para-hydroxylation sites is 2. The molecule has 0 aliphatic heterocycles. The SMILES string of the molecule is C1=CC2C=CC(N(c3ccc4c(c3)C3(c5ccccc5-c5ccccc53)c3ccccc3-4)c3ccc4c5ccccc5n(-c5ccccc5)c4c3)=CC2C=C1. The van der Waals surface area contributed by atoms with Gasteiger partial charge in [-0.1, -0.05) is 158 Å². The molecule has 7 aromatic carbocycles. The van der Waals surface area contributed by atoms with E-state index < -0.39 is 5.41 Å². The third-order valence-electron chi connectivity index (χ3n) is 12.5. The molecule has 0 saturated carbocycles. The summed E-state index contributed by atoms with van der Waals surface area (Å²) in [6.07, 6.45) is 16.2. The van der Waals surface area contributed by atoms with Crippen LogP contribution in [0.2, 0.25) is 0 Å². The van der Waals surface area contributed by atoms with Crippen LogP contribution >= 0.6 is 0 Å². The van der Waals surface area contributed by atoms with Crippen LogP contribution in [0, 0.1) is 11.8 Å². The number of nitrogens with zero attached hydrogens (tertiary/aromatic N) is 2. The first kappa shape index (κ1) is 30.6. The van der Waals surface area contributed by atoms with E-state index in [1.165, 1.54) is 72.0 Å². The van der Waals surface area contributed by atoms with E-state index in [9.17, 15) is 0 Å². The Morgan fingerprint density at radius 1 is 0.436 bits per heavy atom. The molecule has 2 atom stereocenters. The quantitative estimate of drug-likeness (QED) is 0.177. The Bertz CT molecular complexity index is 2940. The summed E-state index contributed by atoms with van der Waals surface area (Å²) in [6, 6.07) is 61.0. The van der Waals surface area contributed by atoms with Crippen molar-refractivity contribution in [2.45, 2.75) is 5.41 Å². The number of allylic oxidation sites excluding steroid dienone is 7. The molecule has 258 valence electrons. The van der Waals surface area contributed by atoms with Crippen LogP contribution in [0.3, 0.4) is 0 Å². The summed E-state index contributed by atoms with van der Waals surface area (Å²) < 4.78 is 2.42. The van der Waals surface area contributed by atoms with Crippen molar-refractivity contribution >= 4 is 33.2 Å². The summed E-state index contributed by atoms with van der Waals surface area (Å²) in [7, 11) is 0. The maximum atomic E-state index is 2.50. The zero-order valence-corrected chi connectivity index (χ0v) is 30.2. The fourth-order valence-corrected chi connectivity index (χ4v) is 10.2. The molecule has 1 spiro atoms. The van der Waals surface area contributed by atoms with E-state index in [1.807, 2.05) is 0 Å². The molecule has 4 aliphatic rings. The summed E-state index contributed by atoms with van der Waals surface area (Å²) in [6.45, 7) is 0. The third-order valence-corrected chi connectivity index (χ3v) is 12.5. The Labute approximate surface area is 320 Å². The number of rotatable bonds is 4. The minimum absolute atomic E-state index is 0.297. The Balaban J connectivity index is 1.13. The molecule has 4 aliphatic carbocycles. The maximum absolute atomic E-state index is 2.50. The van der Waals surface area contributed by atoms with Crippen LogP contribution in [-0.2, 0) is 5.41 Å². The number of benzene rings is 7. The van der Waals surface area contributed by atoms with Gasteiger partial charge in [0.25, 0.3) is 0 Å². The first-order valence-corrected chi connectivity index (χ1v) is 19.4. The molecular formula is C53H36N2. The first-order valence-electron chi connectivity index (χ1n) is 19.4. The lowest BCUT2D eigenvalue weighted by Crippen LogP contribution is -2.26. The number of hydrogen-bond donors (Lipinski definition) is 0. The maximum Gasteiger partial charge on any atom is 0.0726 e. The molecule has 0 amide bonds. The number of aromatic nitrogens is 1. The van der Waals surface area contributed by atoms with Crippen molar-refractivity contribution < 1.29 is 0 Å². The minimum atomic E-state index is -0.413. The van der Waals surface area contributed by atoms with Crippen LogP contribution in [0.1, 0.15) is 22.3 Å². The highest BCUT2D eigenvalue weighted by Crippen LogP contribution is 2.63. The van der Waals surface area contributed by atoms with Gasteiger partial charge < -0.3 is 9.47 Å². The second kappa shape index (κ2) is 11.5. The van der Waals surface area contributed by atoms with E-state index in [2.05, 4.69) is 216 Å². The van der Waals surface area contributed by atoms with Gasteiger partial charge in [0.2, 0.25) is 0 Å². The molecule has 0 fully saturated rings. The Kier molecular flexibility index (Phi) is 6.41. The van der Waals surface area contributed by atoms with Gasteiger partial charge in [-0.25, -0.2) is 0 Å². The molecule has 55 heavy (non-hydrogen) atoms. The lowest BCUT2D eigenvalue weighted by molar-refractivity contribution is 0.652. The van der Waals surface area contributed by atoms with Crippen molar-refractivity contribution in [3.8, 4) is 27.9 Å². The van der Waals surface area contributed by atoms with Gasteiger partial charge in [-0.05, 0) is 93.0 Å². The molecule has 0 bridgehead atoms. The standard InChI is InChI=1S/C53H36N2/c1-2-16-37(17-3-1)55-51-25-13-9-21-45(51)46-31-29-40(34-52(46)55)54(38-27-26-35-14-4-5-15-36(35)32-38)39-28-30-44-43-20-8-12-24-49(43)53(50(44)33-39)47-22-10-6-18-41(47)42-19-7-11-23-48(42)53/h1-36H. The minimum Gasteiger partial charge on any atom is -0.311 e. The average molecular weight is 701 g/mol. The average Bonchev–Trinajstić information content (AvgIpc) is 3.85. The molecule has 2 nitrogen and oxygen atoms in total. The molecule has 0 N–H and O–H groups in total. The smallest absolute Gasteiger partial charge is 0.0726 e. The van der Waals surface area contributed by atoms with Crippen LogP contribution in [0.15, 0.2) is 212 Å². The predicted octanol–water partition coefficient (Wildman–Crippen LogP) is 13.1. The van der Waals surface area contributed by atoms with Crippen LogP contribution < -0.4 is 4.90 Å². The summed E-state index contributed by atoms with van der Waals surface area (Å²) in [4.78, 5) is 2.50. The second-order valence-electron chi connectivity index (χ2n) is 15.2. The summed E-state index contributed by atoms with van der Waals surface area (Å²) in [5.41, 5.74) is 17.3.